The Morgan fingerprint density at radius 3 is 2.63 bits per heavy atom. The van der Waals surface area contributed by atoms with Gasteiger partial charge in [-0.05, 0) is 47.9 Å². The zero-order chi connectivity index (χ0) is 21.9. The number of benzene rings is 2. The predicted molar refractivity (Wildman–Crippen MR) is 118 cm³/mol. The van der Waals surface area contributed by atoms with Crippen LogP contribution in [-0.2, 0) is 15.4 Å². The summed E-state index contributed by atoms with van der Waals surface area (Å²) < 4.78 is 40.4. The highest BCUT2D eigenvalue weighted by Gasteiger charge is 2.32. The second-order valence-electron chi connectivity index (χ2n) is 8.28. The van der Waals surface area contributed by atoms with Crippen LogP contribution in [0.4, 0.5) is 20.6 Å². The van der Waals surface area contributed by atoms with Gasteiger partial charge in [-0.15, -0.1) is 0 Å². The Balaban J connectivity index is 1.68. The zero-order valence-electron chi connectivity index (χ0n) is 17.5. The summed E-state index contributed by atoms with van der Waals surface area (Å²) >= 11 is 0. The molecule has 1 atom stereocenters. The van der Waals surface area contributed by atoms with Crippen molar-refractivity contribution in [2.24, 2.45) is 0 Å². The molecule has 0 heterocycles. The van der Waals surface area contributed by atoms with Gasteiger partial charge >= 0.3 is 6.03 Å². The van der Waals surface area contributed by atoms with Crippen molar-refractivity contribution in [2.45, 2.75) is 51.5 Å². The number of halogens is 1. The van der Waals surface area contributed by atoms with Crippen molar-refractivity contribution in [3.63, 3.8) is 0 Å². The molecule has 2 amide bonds. The van der Waals surface area contributed by atoms with E-state index in [1.165, 1.54) is 17.7 Å². The Morgan fingerprint density at radius 1 is 1.20 bits per heavy atom. The molecule has 2 aromatic rings. The fraction of sp³-hybridized carbons (Fsp3) is 0.409. The minimum absolute atomic E-state index is 0.0182. The van der Waals surface area contributed by atoms with Gasteiger partial charge < -0.3 is 10.6 Å². The molecule has 0 saturated carbocycles. The van der Waals surface area contributed by atoms with Crippen molar-refractivity contribution in [2.75, 3.05) is 15.8 Å². The summed E-state index contributed by atoms with van der Waals surface area (Å²) in [4.78, 5) is 12.5. The van der Waals surface area contributed by atoms with Gasteiger partial charge in [0.2, 0.25) is 10.0 Å². The molecule has 1 aliphatic carbocycles. The lowest BCUT2D eigenvalue weighted by atomic mass is 9.71. The van der Waals surface area contributed by atoms with E-state index in [9.17, 15) is 17.6 Å². The lowest BCUT2D eigenvalue weighted by Crippen LogP contribution is -2.37. The summed E-state index contributed by atoms with van der Waals surface area (Å²) in [5.41, 5.74) is 2.42. The predicted octanol–water partition coefficient (Wildman–Crippen LogP) is 4.91. The molecule has 0 radical (unpaired) electrons. The summed E-state index contributed by atoms with van der Waals surface area (Å²) in [7, 11) is -3.51. The second kappa shape index (κ2) is 8.63. The maximum Gasteiger partial charge on any atom is 0.319 e. The number of hydrogen-bond donors (Lipinski definition) is 3. The number of anilines is 2. The van der Waals surface area contributed by atoms with E-state index < -0.39 is 21.9 Å². The summed E-state index contributed by atoms with van der Waals surface area (Å²) in [6.45, 7) is 6.12. The number of urea groups is 1. The molecule has 0 bridgehead atoms. The number of nitrogens with one attached hydrogen (secondary N) is 3. The maximum absolute atomic E-state index is 14.4. The first-order valence-electron chi connectivity index (χ1n) is 10.1. The molecule has 0 saturated heterocycles. The maximum atomic E-state index is 14.4. The van der Waals surface area contributed by atoms with Gasteiger partial charge in [0.05, 0.1) is 23.2 Å². The van der Waals surface area contributed by atoms with Gasteiger partial charge in [0.15, 0.2) is 0 Å². The Kier molecular flexibility index (Phi) is 6.36. The van der Waals surface area contributed by atoms with Crippen molar-refractivity contribution in [3.8, 4) is 0 Å². The lowest BCUT2D eigenvalue weighted by molar-refractivity contribution is 0.244. The van der Waals surface area contributed by atoms with Crippen LogP contribution in [0.5, 0.6) is 0 Å². The SMILES string of the molecule is CCCS(=O)(=O)Nc1ccc(NC(=O)NC2CCC(C)(C)c3ccccc32)c(F)c1. The first-order valence-corrected chi connectivity index (χ1v) is 11.7. The van der Waals surface area contributed by atoms with E-state index in [0.717, 1.165) is 24.5 Å². The number of hydrogen-bond acceptors (Lipinski definition) is 3. The fourth-order valence-corrected chi connectivity index (χ4v) is 4.98. The molecule has 0 aromatic heterocycles. The Hall–Kier alpha value is -2.61. The number of amides is 2. The number of carbonyl (C=O) groups is 1. The molecule has 0 spiro atoms. The van der Waals surface area contributed by atoms with E-state index in [1.54, 1.807) is 6.92 Å². The summed E-state index contributed by atoms with van der Waals surface area (Å²) in [6.07, 6.45) is 2.17. The first kappa shape index (κ1) is 22.1. The molecule has 6 nitrogen and oxygen atoms in total. The third-order valence-electron chi connectivity index (χ3n) is 5.39. The number of fused-ring (bicyclic) bond motifs is 1. The van der Waals surface area contributed by atoms with Crippen LogP contribution in [0.1, 0.15) is 57.2 Å². The molecule has 2 aromatic carbocycles. The van der Waals surface area contributed by atoms with Crippen molar-refractivity contribution in [1.29, 1.82) is 0 Å². The van der Waals surface area contributed by atoms with E-state index in [1.807, 2.05) is 18.2 Å². The largest absolute Gasteiger partial charge is 0.331 e. The molecular weight excluding hydrogens is 405 g/mol. The van der Waals surface area contributed by atoms with Gasteiger partial charge in [0.1, 0.15) is 5.82 Å². The van der Waals surface area contributed by atoms with Crippen LogP contribution < -0.4 is 15.4 Å². The first-order chi connectivity index (χ1) is 14.1. The van der Waals surface area contributed by atoms with E-state index in [2.05, 4.69) is 35.3 Å². The van der Waals surface area contributed by atoms with Crippen LogP contribution >= 0.6 is 0 Å². The zero-order valence-corrected chi connectivity index (χ0v) is 18.3. The van der Waals surface area contributed by atoms with Gasteiger partial charge in [-0.3, -0.25) is 4.72 Å². The molecule has 3 N–H and O–H groups in total. The smallest absolute Gasteiger partial charge is 0.319 e. The number of rotatable bonds is 6. The highest BCUT2D eigenvalue weighted by atomic mass is 32.2. The van der Waals surface area contributed by atoms with E-state index in [0.29, 0.717) is 6.42 Å². The Morgan fingerprint density at radius 2 is 1.93 bits per heavy atom. The van der Waals surface area contributed by atoms with Crippen LogP contribution in [-0.4, -0.2) is 20.2 Å². The summed E-state index contributed by atoms with van der Waals surface area (Å²) in [5.74, 6) is -0.761. The van der Waals surface area contributed by atoms with Crippen LogP contribution in [0, 0.1) is 5.82 Å². The van der Waals surface area contributed by atoms with Gasteiger partial charge in [0, 0.05) is 6.07 Å². The molecule has 8 heteroatoms. The molecule has 1 aliphatic rings. The molecule has 0 fully saturated rings. The van der Waals surface area contributed by atoms with Crippen LogP contribution in [0.2, 0.25) is 0 Å². The van der Waals surface area contributed by atoms with Crippen LogP contribution in [0.15, 0.2) is 42.5 Å². The average Bonchev–Trinajstić information content (AvgIpc) is 2.66. The van der Waals surface area contributed by atoms with Gasteiger partial charge in [0.25, 0.3) is 0 Å². The minimum Gasteiger partial charge on any atom is -0.331 e. The van der Waals surface area contributed by atoms with Gasteiger partial charge in [-0.25, -0.2) is 17.6 Å². The lowest BCUT2D eigenvalue weighted by Gasteiger charge is -2.37. The Labute approximate surface area is 177 Å². The second-order valence-corrected chi connectivity index (χ2v) is 10.1. The molecule has 162 valence electrons. The quantitative estimate of drug-likeness (QED) is 0.605. The van der Waals surface area contributed by atoms with E-state index >= 15 is 0 Å². The van der Waals surface area contributed by atoms with Crippen molar-refractivity contribution < 1.29 is 17.6 Å². The van der Waals surface area contributed by atoms with Crippen molar-refractivity contribution >= 4 is 27.4 Å². The van der Waals surface area contributed by atoms with Crippen LogP contribution in [0.3, 0.4) is 0 Å². The van der Waals surface area contributed by atoms with Crippen molar-refractivity contribution in [1.82, 2.24) is 5.32 Å². The molecule has 0 aliphatic heterocycles. The summed E-state index contributed by atoms with van der Waals surface area (Å²) in [6, 6.07) is 11.2. The highest BCUT2D eigenvalue weighted by Crippen LogP contribution is 2.41. The number of sulfonamides is 1. The van der Waals surface area contributed by atoms with Gasteiger partial charge in [-0.2, -0.15) is 0 Å². The van der Waals surface area contributed by atoms with Gasteiger partial charge in [-0.1, -0.05) is 45.0 Å². The minimum atomic E-state index is -3.51. The highest BCUT2D eigenvalue weighted by molar-refractivity contribution is 7.92. The van der Waals surface area contributed by atoms with E-state index in [4.69, 9.17) is 0 Å². The third kappa shape index (κ3) is 5.11. The molecule has 3 rings (SSSR count). The molecule has 1 unspecified atom stereocenters. The van der Waals surface area contributed by atoms with E-state index in [-0.39, 0.29) is 28.6 Å². The topological polar surface area (TPSA) is 87.3 Å². The average molecular weight is 434 g/mol. The third-order valence-corrected chi connectivity index (χ3v) is 6.88. The summed E-state index contributed by atoms with van der Waals surface area (Å²) in [5, 5.41) is 5.45. The fourth-order valence-electron chi connectivity index (χ4n) is 3.86. The molecular formula is C22H28FN3O3S. The van der Waals surface area contributed by atoms with Crippen LogP contribution in [0.25, 0.3) is 0 Å². The monoisotopic (exact) mass is 433 g/mol. The molecule has 30 heavy (non-hydrogen) atoms. The van der Waals surface area contributed by atoms with Crippen molar-refractivity contribution in [3.05, 3.63) is 59.4 Å². The standard InChI is InChI=1S/C22H28FN3O3S/c1-4-13-30(28,29)26-15-9-10-20(18(23)14-15)25-21(27)24-19-11-12-22(2,3)17-8-6-5-7-16(17)19/h5-10,14,19,26H,4,11-13H2,1-3H3,(H2,24,25,27). The Bertz CT molecular complexity index is 1040. The number of carbonyl (C=O) groups excluding carboxylic acids is 1. The normalized spacial score (nSPS) is 17.7.